The highest BCUT2D eigenvalue weighted by atomic mass is 14.3. The molecule has 0 fully saturated rings. The first-order valence-electron chi connectivity index (χ1n) is 3.81. The molecule has 0 aliphatic heterocycles. The van der Waals surface area contributed by atoms with Crippen molar-refractivity contribution in [2.45, 2.75) is 47.5 Å². The second kappa shape index (κ2) is 3.24. The lowest BCUT2D eigenvalue weighted by Gasteiger charge is -2.27. The smallest absolute Gasteiger partial charge is 0.0247 e. The molecule has 1 radical (unpaired) electrons. The predicted molar refractivity (Wildman–Crippen MR) is 43.3 cm³/mol. The maximum atomic E-state index is 2.31. The highest BCUT2D eigenvalue weighted by Crippen LogP contribution is 2.32. The first-order chi connectivity index (χ1) is 4.00. The van der Waals surface area contributed by atoms with Crippen LogP contribution in [0.1, 0.15) is 47.5 Å². The number of rotatable bonds is 3. The van der Waals surface area contributed by atoms with Gasteiger partial charge in [0.2, 0.25) is 0 Å². The van der Waals surface area contributed by atoms with Gasteiger partial charge in [0, 0.05) is 0 Å². The average molecular weight is 127 g/mol. The summed E-state index contributed by atoms with van der Waals surface area (Å²) in [6, 6.07) is 0. The van der Waals surface area contributed by atoms with Crippen molar-refractivity contribution in [3.63, 3.8) is 0 Å². The molecule has 0 amide bonds. The van der Waals surface area contributed by atoms with Gasteiger partial charge >= 0.3 is 0 Å². The molecule has 0 spiro atoms. The van der Waals surface area contributed by atoms with Crippen LogP contribution in [0.5, 0.6) is 0 Å². The van der Waals surface area contributed by atoms with Crippen LogP contribution in [-0.2, 0) is 0 Å². The third-order valence-electron chi connectivity index (χ3n) is 2.23. The Kier molecular flexibility index (Phi) is 3.24. The van der Waals surface area contributed by atoms with Gasteiger partial charge in [0.15, 0.2) is 0 Å². The highest BCUT2D eigenvalue weighted by molar-refractivity contribution is 4.93. The van der Waals surface area contributed by atoms with Crippen molar-refractivity contribution < 1.29 is 0 Å². The Morgan fingerprint density at radius 2 is 1.67 bits per heavy atom. The van der Waals surface area contributed by atoms with E-state index in [0.29, 0.717) is 5.41 Å². The lowest BCUT2D eigenvalue weighted by Crippen LogP contribution is -2.16. The topological polar surface area (TPSA) is 0 Å². The third kappa shape index (κ3) is 2.88. The summed E-state index contributed by atoms with van der Waals surface area (Å²) in [5, 5.41) is 0. The molecule has 0 aromatic carbocycles. The van der Waals surface area contributed by atoms with Crippen LogP contribution in [0.4, 0.5) is 0 Å². The molecule has 0 saturated carbocycles. The molecule has 0 heteroatoms. The number of hydrogen-bond acceptors (Lipinski definition) is 0. The molecule has 0 aliphatic rings. The van der Waals surface area contributed by atoms with E-state index in [1.807, 2.05) is 0 Å². The molecule has 0 aromatic rings. The summed E-state index contributed by atoms with van der Waals surface area (Å²) in [6.45, 7) is 11.3. The fourth-order valence-electron chi connectivity index (χ4n) is 0.875. The van der Waals surface area contributed by atoms with Gasteiger partial charge in [-0.25, -0.2) is 0 Å². The monoisotopic (exact) mass is 127 g/mol. The predicted octanol–water partition coefficient (Wildman–Crippen LogP) is 3.43. The fraction of sp³-hybridized carbons (Fsp3) is 0.889. The molecule has 0 aliphatic carbocycles. The van der Waals surface area contributed by atoms with Crippen molar-refractivity contribution in [3.05, 3.63) is 5.92 Å². The van der Waals surface area contributed by atoms with Gasteiger partial charge in [0.25, 0.3) is 0 Å². The molecule has 9 heavy (non-hydrogen) atoms. The first-order valence-corrected chi connectivity index (χ1v) is 3.81. The van der Waals surface area contributed by atoms with Crippen LogP contribution in [0.25, 0.3) is 0 Å². The van der Waals surface area contributed by atoms with E-state index in [1.165, 1.54) is 12.8 Å². The van der Waals surface area contributed by atoms with E-state index in [-0.39, 0.29) is 0 Å². The molecular weight excluding hydrogens is 108 g/mol. The van der Waals surface area contributed by atoms with Crippen LogP contribution in [0.2, 0.25) is 0 Å². The Balaban J connectivity index is 3.70. The van der Waals surface area contributed by atoms with Crippen LogP contribution in [-0.4, -0.2) is 0 Å². The van der Waals surface area contributed by atoms with E-state index in [4.69, 9.17) is 0 Å². The fourth-order valence-corrected chi connectivity index (χ4v) is 0.875. The van der Waals surface area contributed by atoms with Gasteiger partial charge in [0.1, 0.15) is 0 Å². The molecule has 0 heterocycles. The first kappa shape index (κ1) is 9.00. The summed E-state index contributed by atoms with van der Waals surface area (Å²) in [6.07, 6.45) is 2.60. The molecule has 0 N–H and O–H groups in total. The third-order valence-corrected chi connectivity index (χ3v) is 2.23. The lowest BCUT2D eigenvalue weighted by molar-refractivity contribution is 0.353. The molecule has 0 atom stereocenters. The normalized spacial score (nSPS) is 12.7. The summed E-state index contributed by atoms with van der Waals surface area (Å²) in [4.78, 5) is 0. The molecule has 0 bridgehead atoms. The van der Waals surface area contributed by atoms with Crippen molar-refractivity contribution >= 4 is 0 Å². The average Bonchev–Trinajstić information content (AvgIpc) is 1.65. The SMILES string of the molecule is CCCC(C)(C)[C](C)C. The Bertz CT molecular complexity index is 70.1. The minimum absolute atomic E-state index is 0.467. The van der Waals surface area contributed by atoms with Crippen LogP contribution >= 0.6 is 0 Å². The van der Waals surface area contributed by atoms with Crippen molar-refractivity contribution in [2.75, 3.05) is 0 Å². The molecule has 55 valence electrons. The maximum Gasteiger partial charge on any atom is -0.0247 e. The van der Waals surface area contributed by atoms with Crippen molar-refractivity contribution in [1.29, 1.82) is 0 Å². The highest BCUT2D eigenvalue weighted by Gasteiger charge is 2.20. The van der Waals surface area contributed by atoms with E-state index in [9.17, 15) is 0 Å². The Labute approximate surface area is 59.7 Å². The van der Waals surface area contributed by atoms with E-state index in [1.54, 1.807) is 5.92 Å². The molecular formula is C9H19. The maximum absolute atomic E-state index is 2.31. The quantitative estimate of drug-likeness (QED) is 0.545. The molecule has 0 saturated heterocycles. The van der Waals surface area contributed by atoms with Crippen molar-refractivity contribution in [2.24, 2.45) is 5.41 Å². The molecule has 0 aromatic heterocycles. The van der Waals surface area contributed by atoms with Crippen molar-refractivity contribution in [3.8, 4) is 0 Å². The van der Waals surface area contributed by atoms with E-state index < -0.39 is 0 Å². The van der Waals surface area contributed by atoms with Gasteiger partial charge in [0.05, 0.1) is 0 Å². The largest absolute Gasteiger partial charge is 0.0654 e. The summed E-state index contributed by atoms with van der Waals surface area (Å²) in [5.41, 5.74) is 0.467. The Morgan fingerprint density at radius 3 is 1.78 bits per heavy atom. The van der Waals surface area contributed by atoms with E-state index in [0.717, 1.165) is 0 Å². The summed E-state index contributed by atoms with van der Waals surface area (Å²) in [7, 11) is 0. The molecule has 0 unspecified atom stereocenters. The van der Waals surface area contributed by atoms with Crippen molar-refractivity contribution in [1.82, 2.24) is 0 Å². The molecule has 0 nitrogen and oxygen atoms in total. The standard InChI is InChI=1S/C9H19/c1-6-7-9(4,5)8(2)3/h6-7H2,1-5H3. The van der Waals surface area contributed by atoms with E-state index in [2.05, 4.69) is 34.6 Å². The zero-order valence-electron chi connectivity index (χ0n) is 7.41. The van der Waals surface area contributed by atoms with Gasteiger partial charge in [-0.3, -0.25) is 0 Å². The number of hydrogen-bond donors (Lipinski definition) is 0. The molecule has 0 rings (SSSR count). The Hall–Kier alpha value is 0. The second-order valence-corrected chi connectivity index (χ2v) is 3.63. The van der Waals surface area contributed by atoms with Crippen LogP contribution in [0.3, 0.4) is 0 Å². The van der Waals surface area contributed by atoms with Gasteiger partial charge in [-0.1, -0.05) is 41.0 Å². The van der Waals surface area contributed by atoms with Gasteiger partial charge in [-0.2, -0.15) is 0 Å². The van der Waals surface area contributed by atoms with E-state index >= 15 is 0 Å². The minimum Gasteiger partial charge on any atom is -0.0654 e. The Morgan fingerprint density at radius 1 is 1.22 bits per heavy atom. The second-order valence-electron chi connectivity index (χ2n) is 3.63. The van der Waals surface area contributed by atoms with Gasteiger partial charge < -0.3 is 0 Å². The summed E-state index contributed by atoms with van der Waals surface area (Å²) >= 11 is 0. The summed E-state index contributed by atoms with van der Waals surface area (Å²) in [5.74, 6) is 1.55. The minimum atomic E-state index is 0.467. The van der Waals surface area contributed by atoms with Crippen LogP contribution < -0.4 is 0 Å². The lowest BCUT2D eigenvalue weighted by atomic mass is 9.78. The van der Waals surface area contributed by atoms with Crippen LogP contribution in [0, 0.1) is 11.3 Å². The zero-order valence-corrected chi connectivity index (χ0v) is 7.41. The van der Waals surface area contributed by atoms with Crippen LogP contribution in [0.15, 0.2) is 0 Å². The van der Waals surface area contributed by atoms with Gasteiger partial charge in [-0.15, -0.1) is 0 Å². The van der Waals surface area contributed by atoms with Gasteiger partial charge in [-0.05, 0) is 17.8 Å². The zero-order chi connectivity index (χ0) is 7.49. The summed E-state index contributed by atoms with van der Waals surface area (Å²) < 4.78 is 0.